The van der Waals surface area contributed by atoms with Crippen LogP contribution in [0.4, 0.5) is 0 Å². The fourth-order valence-corrected chi connectivity index (χ4v) is 4.09. The van der Waals surface area contributed by atoms with Gasteiger partial charge in [0.1, 0.15) is 18.2 Å². The summed E-state index contributed by atoms with van der Waals surface area (Å²) in [6.07, 6.45) is 4.26. The Bertz CT molecular complexity index is 991. The predicted molar refractivity (Wildman–Crippen MR) is 120 cm³/mol. The molecule has 0 spiro atoms. The molecule has 1 aromatic carbocycles. The number of nitrogens with zero attached hydrogens (tertiary/aromatic N) is 3. The second kappa shape index (κ2) is 10.1. The molecule has 1 aliphatic rings. The van der Waals surface area contributed by atoms with E-state index in [0.29, 0.717) is 31.4 Å². The minimum Gasteiger partial charge on any atom is -0.493 e. The molecule has 3 heterocycles. The molecule has 3 aromatic rings. The number of aliphatic hydroxyl groups is 1. The Labute approximate surface area is 184 Å². The average Bonchev–Trinajstić information content (AvgIpc) is 3.39. The molecule has 31 heavy (non-hydrogen) atoms. The molecule has 0 aliphatic carbocycles. The molecule has 7 nitrogen and oxygen atoms in total. The van der Waals surface area contributed by atoms with E-state index in [-0.39, 0.29) is 21.3 Å². The third kappa shape index (κ3) is 5.33. The van der Waals surface area contributed by atoms with Crippen molar-refractivity contribution in [2.45, 2.75) is 38.2 Å². The molecule has 1 atom stereocenters. The molecular weight excluding hydrogens is 410 g/mol. The van der Waals surface area contributed by atoms with Crippen LogP contribution in [-0.2, 0) is 11.5 Å². The van der Waals surface area contributed by atoms with Gasteiger partial charge in [-0.2, -0.15) is 5.10 Å². The zero-order valence-corrected chi connectivity index (χ0v) is 19.0. The van der Waals surface area contributed by atoms with E-state index in [0.717, 1.165) is 35.2 Å². The smallest absolute Gasteiger partial charge is 0.219 e. The number of aromatic nitrogens is 3. The van der Waals surface area contributed by atoms with Crippen LogP contribution in [0.2, 0.25) is 19.1 Å². The molecule has 0 saturated heterocycles. The van der Waals surface area contributed by atoms with Gasteiger partial charge in [-0.15, -0.1) is 0 Å². The van der Waals surface area contributed by atoms with Gasteiger partial charge in [0.2, 0.25) is 5.88 Å². The van der Waals surface area contributed by atoms with Gasteiger partial charge in [-0.05, 0) is 30.7 Å². The van der Waals surface area contributed by atoms with E-state index >= 15 is 0 Å². The topological polar surface area (TPSA) is 78.6 Å². The van der Waals surface area contributed by atoms with Crippen molar-refractivity contribution < 1.29 is 19.3 Å². The Morgan fingerprint density at radius 2 is 2.13 bits per heavy atom. The monoisotopic (exact) mass is 438 g/mol. The summed E-state index contributed by atoms with van der Waals surface area (Å²) < 4.78 is 19.3. The Balaban J connectivity index is 1.39. The summed E-state index contributed by atoms with van der Waals surface area (Å²) in [7, 11) is -0.272. The van der Waals surface area contributed by atoms with E-state index in [1.54, 1.807) is 12.4 Å². The lowest BCUT2D eigenvalue weighted by Gasteiger charge is -2.10. The zero-order chi connectivity index (χ0) is 21.6. The number of hydrogen-bond acceptors (Lipinski definition) is 6. The standard InChI is InChI=1S/C23H28N3O4Si/c1-31(2)12-11-28-16-26-21(7-9-25-26)17-3-6-23(24-14-17)30-19-4-5-20-18(8-10-27)15-29-22(20)13-19/h3-7,9,13-14,18,27H,8,10-12,15-16H2,1-2H3. The number of ether oxygens (including phenoxy) is 3. The number of benzene rings is 1. The molecule has 1 aliphatic heterocycles. The lowest BCUT2D eigenvalue weighted by atomic mass is 9.98. The highest BCUT2D eigenvalue weighted by molar-refractivity contribution is 6.55. The molecule has 163 valence electrons. The summed E-state index contributed by atoms with van der Waals surface area (Å²) in [6.45, 7) is 6.52. The van der Waals surface area contributed by atoms with E-state index in [9.17, 15) is 5.11 Å². The largest absolute Gasteiger partial charge is 0.493 e. The summed E-state index contributed by atoms with van der Waals surface area (Å²) in [5.74, 6) is 2.24. The lowest BCUT2D eigenvalue weighted by Crippen LogP contribution is -2.10. The normalized spacial score (nSPS) is 15.2. The van der Waals surface area contributed by atoms with Gasteiger partial charge in [-0.3, -0.25) is 0 Å². The van der Waals surface area contributed by atoms with Crippen molar-refractivity contribution in [3.05, 3.63) is 54.4 Å². The summed E-state index contributed by atoms with van der Waals surface area (Å²) in [5.41, 5.74) is 3.03. The van der Waals surface area contributed by atoms with Crippen LogP contribution in [0, 0.1) is 0 Å². The van der Waals surface area contributed by atoms with Gasteiger partial charge in [-0.1, -0.05) is 19.2 Å². The van der Waals surface area contributed by atoms with E-state index in [4.69, 9.17) is 14.2 Å². The maximum absolute atomic E-state index is 9.18. The molecule has 2 aromatic heterocycles. The summed E-state index contributed by atoms with van der Waals surface area (Å²) in [5, 5.41) is 13.5. The van der Waals surface area contributed by atoms with E-state index in [2.05, 4.69) is 23.2 Å². The first-order chi connectivity index (χ1) is 15.1. The molecule has 8 heteroatoms. The highest BCUT2D eigenvalue weighted by Crippen LogP contribution is 2.38. The van der Waals surface area contributed by atoms with Gasteiger partial charge in [-0.25, -0.2) is 9.67 Å². The van der Waals surface area contributed by atoms with Crippen LogP contribution in [0.1, 0.15) is 17.9 Å². The van der Waals surface area contributed by atoms with Crippen LogP contribution in [0.25, 0.3) is 11.3 Å². The SMILES string of the molecule is C[Si](C)CCOCn1nccc1-c1ccc(Oc2ccc3c(c2)OCC3CCO)nc1. The molecule has 1 unspecified atom stereocenters. The van der Waals surface area contributed by atoms with Crippen molar-refractivity contribution in [3.63, 3.8) is 0 Å². The number of fused-ring (bicyclic) bond motifs is 1. The average molecular weight is 439 g/mol. The number of pyridine rings is 1. The second-order valence-electron chi connectivity index (χ2n) is 7.92. The molecule has 4 rings (SSSR count). The molecule has 0 bridgehead atoms. The van der Waals surface area contributed by atoms with E-state index < -0.39 is 0 Å². The van der Waals surface area contributed by atoms with Gasteiger partial charge in [0, 0.05) is 63.6 Å². The van der Waals surface area contributed by atoms with Crippen LogP contribution in [-0.4, -0.2) is 48.5 Å². The first-order valence-electron chi connectivity index (χ1n) is 10.5. The van der Waals surface area contributed by atoms with E-state index in [1.165, 1.54) is 0 Å². The predicted octanol–water partition coefficient (Wildman–Crippen LogP) is 4.32. The van der Waals surface area contributed by atoms with Crippen LogP contribution < -0.4 is 9.47 Å². The Morgan fingerprint density at radius 1 is 1.23 bits per heavy atom. The van der Waals surface area contributed by atoms with Gasteiger partial charge in [0.15, 0.2) is 0 Å². The van der Waals surface area contributed by atoms with Crippen LogP contribution in [0.3, 0.4) is 0 Å². The Kier molecular flexibility index (Phi) is 7.01. The first kappa shape index (κ1) is 21.5. The third-order valence-corrected chi connectivity index (χ3v) is 6.48. The number of rotatable bonds is 10. The molecular formula is C23H28N3O4Si. The third-order valence-electron chi connectivity index (χ3n) is 5.27. The lowest BCUT2D eigenvalue weighted by molar-refractivity contribution is 0.0801. The highest BCUT2D eigenvalue weighted by atomic mass is 28.3. The van der Waals surface area contributed by atoms with Crippen LogP contribution >= 0.6 is 0 Å². The highest BCUT2D eigenvalue weighted by Gasteiger charge is 2.24. The minimum atomic E-state index is -0.272. The fraction of sp³-hybridized carbons (Fsp3) is 0.391. The van der Waals surface area contributed by atoms with Crippen LogP contribution in [0.5, 0.6) is 17.4 Å². The van der Waals surface area contributed by atoms with Crippen molar-refractivity contribution >= 4 is 8.80 Å². The Hall–Kier alpha value is -2.68. The quantitative estimate of drug-likeness (QED) is 0.375. The zero-order valence-electron chi connectivity index (χ0n) is 18.0. The van der Waals surface area contributed by atoms with Crippen molar-refractivity contribution in [1.82, 2.24) is 14.8 Å². The van der Waals surface area contributed by atoms with Gasteiger partial charge < -0.3 is 19.3 Å². The van der Waals surface area contributed by atoms with Crippen molar-refractivity contribution in [1.29, 1.82) is 0 Å². The second-order valence-corrected chi connectivity index (χ2v) is 10.8. The maximum Gasteiger partial charge on any atom is 0.219 e. The van der Waals surface area contributed by atoms with Crippen molar-refractivity contribution in [2.75, 3.05) is 19.8 Å². The van der Waals surface area contributed by atoms with Crippen molar-refractivity contribution in [2.24, 2.45) is 0 Å². The molecule has 1 N–H and O–H groups in total. The summed E-state index contributed by atoms with van der Waals surface area (Å²) in [6, 6.07) is 12.7. The molecule has 0 amide bonds. The van der Waals surface area contributed by atoms with Crippen LogP contribution in [0.15, 0.2) is 48.8 Å². The first-order valence-corrected chi connectivity index (χ1v) is 13.2. The molecule has 0 saturated carbocycles. The van der Waals surface area contributed by atoms with Gasteiger partial charge in [0.05, 0.1) is 12.3 Å². The fourth-order valence-electron chi connectivity index (χ4n) is 3.54. The summed E-state index contributed by atoms with van der Waals surface area (Å²) in [4.78, 5) is 4.45. The minimum absolute atomic E-state index is 0.159. The number of hydrogen-bond donors (Lipinski definition) is 1. The number of aliphatic hydroxyl groups excluding tert-OH is 1. The van der Waals surface area contributed by atoms with E-state index in [1.807, 2.05) is 41.1 Å². The van der Waals surface area contributed by atoms with Gasteiger partial charge in [0.25, 0.3) is 0 Å². The molecule has 0 fully saturated rings. The van der Waals surface area contributed by atoms with Crippen molar-refractivity contribution in [3.8, 4) is 28.6 Å². The summed E-state index contributed by atoms with van der Waals surface area (Å²) >= 11 is 0. The Morgan fingerprint density at radius 3 is 2.90 bits per heavy atom. The molecule has 1 radical (unpaired) electrons. The van der Waals surface area contributed by atoms with Gasteiger partial charge >= 0.3 is 0 Å². The maximum atomic E-state index is 9.18.